The molecule has 0 aliphatic heterocycles. The van der Waals surface area contributed by atoms with Crippen molar-refractivity contribution in [1.82, 2.24) is 4.90 Å². The maximum atomic E-state index is 12.4. The average Bonchev–Trinajstić information content (AvgIpc) is 2.43. The first kappa shape index (κ1) is 17.1. The molecule has 1 rings (SSSR count). The molecular weight excluding hydrogens is 270 g/mol. The molecule has 0 saturated carbocycles. The van der Waals surface area contributed by atoms with Crippen LogP contribution >= 0.6 is 0 Å². The molecule has 21 heavy (non-hydrogen) atoms. The highest BCUT2D eigenvalue weighted by molar-refractivity contribution is 5.96. The standard InChI is InChI=1S/C15H23N3O3/c1-10(2)13(16)8-9-17(4)15(19)12-6-5-7-14(11(12)3)18(20)21/h5-7,10,13H,8-9,16H2,1-4H3. The largest absolute Gasteiger partial charge is 0.342 e. The fraction of sp³-hybridized carbons (Fsp3) is 0.533. The van der Waals surface area contributed by atoms with Crippen molar-refractivity contribution in [3.8, 4) is 0 Å². The van der Waals surface area contributed by atoms with Crippen LogP contribution in [0.25, 0.3) is 0 Å². The Kier molecular flexibility index (Phi) is 5.84. The van der Waals surface area contributed by atoms with Crippen LogP contribution in [0.2, 0.25) is 0 Å². The van der Waals surface area contributed by atoms with Crippen molar-refractivity contribution in [2.75, 3.05) is 13.6 Å². The minimum absolute atomic E-state index is 0.0338. The number of amides is 1. The summed E-state index contributed by atoms with van der Waals surface area (Å²) in [6.07, 6.45) is 0.702. The summed E-state index contributed by atoms with van der Waals surface area (Å²) in [5, 5.41) is 10.9. The maximum absolute atomic E-state index is 12.4. The van der Waals surface area contributed by atoms with Gasteiger partial charge in [-0.1, -0.05) is 19.9 Å². The Hall–Kier alpha value is -1.95. The minimum atomic E-state index is -0.471. The van der Waals surface area contributed by atoms with Crippen molar-refractivity contribution in [3.05, 3.63) is 39.4 Å². The monoisotopic (exact) mass is 293 g/mol. The van der Waals surface area contributed by atoms with Crippen LogP contribution in [0.5, 0.6) is 0 Å². The number of rotatable bonds is 6. The van der Waals surface area contributed by atoms with Crippen LogP contribution in [0, 0.1) is 23.0 Å². The van der Waals surface area contributed by atoms with Crippen molar-refractivity contribution in [1.29, 1.82) is 0 Å². The van der Waals surface area contributed by atoms with E-state index in [2.05, 4.69) is 0 Å². The Morgan fingerprint density at radius 3 is 2.57 bits per heavy atom. The first-order valence-corrected chi connectivity index (χ1v) is 7.00. The quantitative estimate of drug-likeness (QED) is 0.644. The zero-order valence-electron chi connectivity index (χ0n) is 13.0. The number of carbonyl (C=O) groups excluding carboxylic acids is 1. The van der Waals surface area contributed by atoms with Crippen LogP contribution in [0.1, 0.15) is 36.2 Å². The van der Waals surface area contributed by atoms with Gasteiger partial charge >= 0.3 is 0 Å². The minimum Gasteiger partial charge on any atom is -0.342 e. The van der Waals surface area contributed by atoms with E-state index < -0.39 is 4.92 Å². The van der Waals surface area contributed by atoms with Gasteiger partial charge in [0.15, 0.2) is 0 Å². The Morgan fingerprint density at radius 1 is 1.43 bits per heavy atom. The number of nitrogens with two attached hydrogens (primary N) is 1. The lowest BCUT2D eigenvalue weighted by Gasteiger charge is -2.22. The van der Waals surface area contributed by atoms with Gasteiger partial charge in [0.1, 0.15) is 0 Å². The second-order valence-corrected chi connectivity index (χ2v) is 5.63. The smallest absolute Gasteiger partial charge is 0.273 e. The highest BCUT2D eigenvalue weighted by Crippen LogP contribution is 2.22. The maximum Gasteiger partial charge on any atom is 0.273 e. The summed E-state index contributed by atoms with van der Waals surface area (Å²) in [6.45, 7) is 6.20. The predicted molar refractivity (Wildman–Crippen MR) is 82.2 cm³/mol. The summed E-state index contributed by atoms with van der Waals surface area (Å²) in [4.78, 5) is 24.4. The van der Waals surface area contributed by atoms with Crippen molar-refractivity contribution in [2.45, 2.75) is 33.2 Å². The van der Waals surface area contributed by atoms with Gasteiger partial charge in [-0.3, -0.25) is 14.9 Å². The Morgan fingerprint density at radius 2 is 2.05 bits per heavy atom. The molecule has 1 unspecified atom stereocenters. The molecule has 0 aromatic heterocycles. The van der Waals surface area contributed by atoms with Crippen LogP contribution in [0.4, 0.5) is 5.69 Å². The van der Waals surface area contributed by atoms with E-state index in [-0.39, 0.29) is 17.6 Å². The molecule has 6 heteroatoms. The number of carbonyl (C=O) groups is 1. The summed E-state index contributed by atoms with van der Waals surface area (Å²) in [5.41, 5.74) is 6.70. The highest BCUT2D eigenvalue weighted by atomic mass is 16.6. The number of benzene rings is 1. The molecule has 1 amide bonds. The number of nitro groups is 1. The fourth-order valence-electron chi connectivity index (χ4n) is 2.04. The Balaban J connectivity index is 2.84. The van der Waals surface area contributed by atoms with Crippen LogP contribution in [0.3, 0.4) is 0 Å². The molecule has 0 heterocycles. The molecule has 0 saturated heterocycles. The van der Waals surface area contributed by atoms with Gasteiger partial charge in [0.2, 0.25) is 0 Å². The molecule has 1 atom stereocenters. The molecule has 0 fully saturated rings. The number of nitrogens with zero attached hydrogens (tertiary/aromatic N) is 2. The number of hydrogen-bond acceptors (Lipinski definition) is 4. The van der Waals surface area contributed by atoms with Gasteiger partial charge in [0.25, 0.3) is 11.6 Å². The molecule has 0 aliphatic carbocycles. The van der Waals surface area contributed by atoms with Gasteiger partial charge in [0, 0.05) is 36.8 Å². The van der Waals surface area contributed by atoms with Gasteiger partial charge in [-0.05, 0) is 25.3 Å². The molecule has 116 valence electrons. The molecule has 2 N–H and O–H groups in total. The summed E-state index contributed by atoms with van der Waals surface area (Å²) >= 11 is 0. The van der Waals surface area contributed by atoms with E-state index in [0.29, 0.717) is 30.0 Å². The van der Waals surface area contributed by atoms with Crippen molar-refractivity contribution < 1.29 is 9.72 Å². The van der Waals surface area contributed by atoms with Crippen molar-refractivity contribution in [2.24, 2.45) is 11.7 Å². The lowest BCUT2D eigenvalue weighted by atomic mass is 10.0. The third-order valence-electron chi connectivity index (χ3n) is 3.73. The summed E-state index contributed by atoms with van der Waals surface area (Å²) in [5.74, 6) is 0.139. The average molecular weight is 293 g/mol. The van der Waals surface area contributed by atoms with E-state index in [4.69, 9.17) is 5.73 Å². The van der Waals surface area contributed by atoms with Crippen LogP contribution in [-0.2, 0) is 0 Å². The van der Waals surface area contributed by atoms with Gasteiger partial charge < -0.3 is 10.6 Å². The van der Waals surface area contributed by atoms with Crippen molar-refractivity contribution >= 4 is 11.6 Å². The van der Waals surface area contributed by atoms with Gasteiger partial charge in [-0.15, -0.1) is 0 Å². The second kappa shape index (κ2) is 7.17. The zero-order chi connectivity index (χ0) is 16.2. The molecule has 1 aromatic carbocycles. The lowest BCUT2D eigenvalue weighted by molar-refractivity contribution is -0.385. The highest BCUT2D eigenvalue weighted by Gasteiger charge is 2.21. The van der Waals surface area contributed by atoms with E-state index in [1.54, 1.807) is 24.9 Å². The molecule has 0 radical (unpaired) electrons. The van der Waals surface area contributed by atoms with E-state index in [1.165, 1.54) is 12.1 Å². The fourth-order valence-corrected chi connectivity index (χ4v) is 2.04. The molecule has 0 spiro atoms. The first-order valence-electron chi connectivity index (χ1n) is 7.00. The summed E-state index contributed by atoms with van der Waals surface area (Å²) in [6, 6.07) is 4.59. The topological polar surface area (TPSA) is 89.5 Å². The molecule has 6 nitrogen and oxygen atoms in total. The Labute approximate surface area is 125 Å². The molecular formula is C15H23N3O3. The molecule has 0 bridgehead atoms. The van der Waals surface area contributed by atoms with Crippen molar-refractivity contribution in [3.63, 3.8) is 0 Å². The van der Waals surface area contributed by atoms with Crippen LogP contribution < -0.4 is 5.73 Å². The van der Waals surface area contributed by atoms with E-state index in [9.17, 15) is 14.9 Å². The first-order chi connectivity index (χ1) is 9.75. The van der Waals surface area contributed by atoms with Gasteiger partial charge in [-0.25, -0.2) is 0 Å². The summed E-state index contributed by atoms with van der Waals surface area (Å²) in [7, 11) is 1.69. The SMILES string of the molecule is Cc1c(C(=O)N(C)CCC(N)C(C)C)cccc1[N+](=O)[O-]. The number of nitro benzene ring substituents is 1. The zero-order valence-corrected chi connectivity index (χ0v) is 13.0. The molecule has 1 aromatic rings. The van der Waals surface area contributed by atoms with Gasteiger partial charge in [-0.2, -0.15) is 0 Å². The normalized spacial score (nSPS) is 12.3. The predicted octanol–water partition coefficient (Wildman–Crippen LogP) is 2.35. The van der Waals surface area contributed by atoms with E-state index >= 15 is 0 Å². The lowest BCUT2D eigenvalue weighted by Crippen LogP contribution is -2.34. The number of hydrogen-bond donors (Lipinski definition) is 1. The van der Waals surface area contributed by atoms with Crippen LogP contribution in [0.15, 0.2) is 18.2 Å². The van der Waals surface area contributed by atoms with Gasteiger partial charge in [0.05, 0.1) is 4.92 Å². The Bertz CT molecular complexity index is 529. The van der Waals surface area contributed by atoms with Crippen LogP contribution in [-0.4, -0.2) is 35.4 Å². The second-order valence-electron chi connectivity index (χ2n) is 5.63. The molecule has 0 aliphatic rings. The van der Waals surface area contributed by atoms with E-state index in [1.807, 2.05) is 13.8 Å². The summed E-state index contributed by atoms with van der Waals surface area (Å²) < 4.78 is 0. The third kappa shape index (κ3) is 4.26. The third-order valence-corrected chi connectivity index (χ3v) is 3.73. The van der Waals surface area contributed by atoms with E-state index in [0.717, 1.165) is 0 Å².